The Morgan fingerprint density at radius 1 is 1.00 bits per heavy atom. The van der Waals surface area contributed by atoms with Crippen LogP contribution in [0, 0.1) is 5.41 Å². The van der Waals surface area contributed by atoms with E-state index in [4.69, 9.17) is 9.47 Å². The number of methoxy groups -OCH3 is 1. The van der Waals surface area contributed by atoms with Gasteiger partial charge in [0.05, 0.1) is 18.5 Å². The molecule has 1 N–H and O–H groups in total. The second-order valence-corrected chi connectivity index (χ2v) is 11.3. The molecule has 38 heavy (non-hydrogen) atoms. The minimum Gasteiger partial charge on any atom is -0.507 e. The van der Waals surface area contributed by atoms with E-state index in [0.29, 0.717) is 28.3 Å². The standard InChI is InChI=1S/C30H33N5O3/c1-34-16-21-11-20(13-28(37-2)29(21)33-34)19-3-4-24(27(36)12-19)26-6-5-25(31-32-26)22-17-35(18-22)23-14-30(15-23)7-9-38-10-8-30/h3-6,11-13,16,22-23,36H,7-10,14-15,17-18H2,1-2H3. The Morgan fingerprint density at radius 3 is 2.53 bits per heavy atom. The summed E-state index contributed by atoms with van der Waals surface area (Å²) in [5.74, 6) is 1.32. The third-order valence-corrected chi connectivity index (χ3v) is 8.94. The molecule has 0 unspecified atom stereocenters. The van der Waals surface area contributed by atoms with Crippen molar-refractivity contribution in [3.63, 3.8) is 0 Å². The molecule has 8 nitrogen and oxygen atoms in total. The Bertz CT molecular complexity index is 1480. The molecule has 2 aromatic heterocycles. The molecule has 1 spiro atoms. The number of nitrogens with zero attached hydrogens (tertiary/aromatic N) is 5. The zero-order valence-electron chi connectivity index (χ0n) is 21.9. The fraction of sp³-hybridized carbons (Fsp3) is 0.433. The van der Waals surface area contributed by atoms with Gasteiger partial charge in [0.15, 0.2) is 0 Å². The van der Waals surface area contributed by atoms with E-state index in [1.165, 1.54) is 25.7 Å². The van der Waals surface area contributed by atoms with Crippen molar-refractivity contribution >= 4 is 10.9 Å². The van der Waals surface area contributed by atoms with Crippen LogP contribution in [0.5, 0.6) is 11.5 Å². The quantitative estimate of drug-likeness (QED) is 0.413. The number of phenolic OH excluding ortho intramolecular Hbond substituents is 1. The second kappa shape index (κ2) is 9.06. The zero-order chi connectivity index (χ0) is 25.9. The summed E-state index contributed by atoms with van der Waals surface area (Å²) in [6.45, 7) is 4.00. The molecule has 4 heterocycles. The molecule has 2 aromatic carbocycles. The van der Waals surface area contributed by atoms with Gasteiger partial charge in [0.25, 0.3) is 0 Å². The Labute approximate surface area is 222 Å². The molecular weight excluding hydrogens is 478 g/mol. The number of rotatable bonds is 5. The van der Waals surface area contributed by atoms with Gasteiger partial charge in [0.2, 0.25) is 0 Å². The number of hydrogen-bond acceptors (Lipinski definition) is 7. The first-order valence-corrected chi connectivity index (χ1v) is 13.5. The summed E-state index contributed by atoms with van der Waals surface area (Å²) in [7, 11) is 3.54. The normalized spacial score (nSPS) is 19.9. The molecule has 2 aliphatic heterocycles. The first kappa shape index (κ1) is 23.6. The van der Waals surface area contributed by atoms with E-state index in [2.05, 4.69) is 32.3 Å². The summed E-state index contributed by atoms with van der Waals surface area (Å²) in [5.41, 5.74) is 5.62. The number of hydrogen-bond donors (Lipinski definition) is 1. The summed E-state index contributed by atoms with van der Waals surface area (Å²) < 4.78 is 12.9. The smallest absolute Gasteiger partial charge is 0.147 e. The predicted octanol–water partition coefficient (Wildman–Crippen LogP) is 4.77. The molecule has 0 amide bonds. The molecule has 1 saturated carbocycles. The number of phenols is 1. The van der Waals surface area contributed by atoms with Gasteiger partial charge in [-0.3, -0.25) is 9.58 Å². The Kier molecular flexibility index (Phi) is 5.63. The van der Waals surface area contributed by atoms with E-state index in [9.17, 15) is 5.11 Å². The fourth-order valence-corrected chi connectivity index (χ4v) is 6.59. The van der Waals surface area contributed by atoms with Crippen molar-refractivity contribution in [2.24, 2.45) is 12.5 Å². The van der Waals surface area contributed by atoms with Crippen LogP contribution in [0.4, 0.5) is 0 Å². The summed E-state index contributed by atoms with van der Waals surface area (Å²) in [6, 6.07) is 14.5. The van der Waals surface area contributed by atoms with Crippen molar-refractivity contribution in [3.05, 3.63) is 54.4 Å². The van der Waals surface area contributed by atoms with Crippen LogP contribution in [0.1, 0.15) is 37.3 Å². The molecule has 3 aliphatic rings. The van der Waals surface area contributed by atoms with E-state index in [1.54, 1.807) is 17.9 Å². The van der Waals surface area contributed by atoms with Crippen molar-refractivity contribution in [1.82, 2.24) is 24.9 Å². The van der Waals surface area contributed by atoms with E-state index in [-0.39, 0.29) is 5.75 Å². The van der Waals surface area contributed by atoms with Gasteiger partial charge in [0.1, 0.15) is 17.0 Å². The lowest BCUT2D eigenvalue weighted by Crippen LogP contribution is -2.59. The highest BCUT2D eigenvalue weighted by Gasteiger charge is 2.49. The van der Waals surface area contributed by atoms with Crippen molar-refractivity contribution in [3.8, 4) is 33.9 Å². The molecule has 196 valence electrons. The maximum atomic E-state index is 10.9. The number of fused-ring (bicyclic) bond motifs is 1. The number of aromatic hydroxyl groups is 1. The number of benzene rings is 2. The lowest BCUT2D eigenvalue weighted by Gasteiger charge is -2.57. The van der Waals surface area contributed by atoms with Crippen LogP contribution >= 0.6 is 0 Å². The highest BCUT2D eigenvalue weighted by molar-refractivity contribution is 5.90. The first-order chi connectivity index (χ1) is 18.5. The average molecular weight is 512 g/mol. The zero-order valence-corrected chi connectivity index (χ0v) is 21.9. The lowest BCUT2D eigenvalue weighted by atomic mass is 9.60. The van der Waals surface area contributed by atoms with E-state index in [1.807, 2.05) is 37.5 Å². The Balaban J connectivity index is 1.03. The van der Waals surface area contributed by atoms with Gasteiger partial charge in [-0.2, -0.15) is 15.3 Å². The van der Waals surface area contributed by atoms with Crippen molar-refractivity contribution in [2.45, 2.75) is 37.6 Å². The number of ether oxygens (including phenoxy) is 2. The molecular formula is C30H33N5O3. The maximum Gasteiger partial charge on any atom is 0.147 e. The van der Waals surface area contributed by atoms with Crippen LogP contribution in [0.3, 0.4) is 0 Å². The van der Waals surface area contributed by atoms with Crippen LogP contribution in [-0.4, -0.2) is 69.4 Å². The Morgan fingerprint density at radius 2 is 1.82 bits per heavy atom. The first-order valence-electron chi connectivity index (χ1n) is 13.5. The van der Waals surface area contributed by atoms with Gasteiger partial charge in [-0.05, 0) is 78.6 Å². The van der Waals surface area contributed by atoms with Crippen molar-refractivity contribution in [1.29, 1.82) is 0 Å². The topological polar surface area (TPSA) is 85.5 Å². The molecule has 0 bridgehead atoms. The summed E-state index contributed by atoms with van der Waals surface area (Å²) >= 11 is 0. The van der Waals surface area contributed by atoms with E-state index in [0.717, 1.165) is 60.1 Å². The SMILES string of the molecule is COc1cc(-c2ccc(-c3ccc(C4CN(C5CC6(CCOCC6)C5)C4)nn3)c(O)c2)cc2cn(C)nc12. The van der Waals surface area contributed by atoms with Gasteiger partial charge < -0.3 is 14.6 Å². The largest absolute Gasteiger partial charge is 0.507 e. The van der Waals surface area contributed by atoms with Crippen LogP contribution in [0.15, 0.2) is 48.7 Å². The fourth-order valence-electron chi connectivity index (χ4n) is 6.59. The van der Waals surface area contributed by atoms with Gasteiger partial charge >= 0.3 is 0 Å². The van der Waals surface area contributed by atoms with E-state index < -0.39 is 0 Å². The molecule has 7 rings (SSSR count). The lowest BCUT2D eigenvalue weighted by molar-refractivity contribution is -0.0934. The molecule has 4 aromatic rings. The molecule has 2 saturated heterocycles. The average Bonchev–Trinajstić information content (AvgIpc) is 3.27. The highest BCUT2D eigenvalue weighted by atomic mass is 16.5. The maximum absolute atomic E-state index is 10.9. The minimum atomic E-state index is 0.177. The number of aromatic nitrogens is 4. The van der Waals surface area contributed by atoms with Gasteiger partial charge in [0, 0.05) is 62.5 Å². The Hall–Kier alpha value is -3.49. The van der Waals surface area contributed by atoms with Crippen LogP contribution in [-0.2, 0) is 11.8 Å². The molecule has 0 radical (unpaired) electrons. The predicted molar refractivity (Wildman–Crippen MR) is 145 cm³/mol. The van der Waals surface area contributed by atoms with Crippen molar-refractivity contribution in [2.75, 3.05) is 33.4 Å². The van der Waals surface area contributed by atoms with Gasteiger partial charge in [-0.15, -0.1) is 0 Å². The molecule has 3 fully saturated rings. The number of likely N-dealkylation sites (tertiary alicyclic amines) is 1. The summed E-state index contributed by atoms with van der Waals surface area (Å²) in [5, 5.41) is 25.4. The van der Waals surface area contributed by atoms with Gasteiger partial charge in [-0.25, -0.2) is 0 Å². The summed E-state index contributed by atoms with van der Waals surface area (Å²) in [6.07, 6.45) is 7.07. The van der Waals surface area contributed by atoms with Crippen LogP contribution < -0.4 is 4.74 Å². The van der Waals surface area contributed by atoms with E-state index >= 15 is 0 Å². The second-order valence-electron chi connectivity index (χ2n) is 11.3. The summed E-state index contributed by atoms with van der Waals surface area (Å²) in [4.78, 5) is 2.61. The minimum absolute atomic E-state index is 0.177. The molecule has 1 aliphatic carbocycles. The number of aryl methyl sites for hydroxylation is 1. The third-order valence-electron chi connectivity index (χ3n) is 8.94. The third kappa shape index (κ3) is 4.03. The highest BCUT2D eigenvalue weighted by Crippen LogP contribution is 2.52. The van der Waals surface area contributed by atoms with Gasteiger partial charge in [-0.1, -0.05) is 6.07 Å². The molecule has 8 heteroatoms. The van der Waals surface area contributed by atoms with Crippen molar-refractivity contribution < 1.29 is 14.6 Å². The molecule has 0 atom stereocenters. The monoisotopic (exact) mass is 511 g/mol. The van der Waals surface area contributed by atoms with Crippen LogP contribution in [0.25, 0.3) is 33.3 Å². The van der Waals surface area contributed by atoms with Crippen LogP contribution in [0.2, 0.25) is 0 Å².